The monoisotopic (exact) mass is 349 g/mol. The first kappa shape index (κ1) is 17.7. The van der Waals surface area contributed by atoms with E-state index in [1.54, 1.807) is 12.1 Å². The van der Waals surface area contributed by atoms with Crippen LogP contribution in [0.5, 0.6) is 0 Å². The minimum atomic E-state index is -0.245. The second-order valence-corrected chi connectivity index (χ2v) is 6.27. The Bertz CT molecular complexity index is 764. The first-order chi connectivity index (χ1) is 12.7. The number of amides is 2. The zero-order valence-corrected chi connectivity index (χ0v) is 14.7. The third-order valence-corrected chi connectivity index (χ3v) is 4.52. The Labute approximate surface area is 153 Å². The molecule has 2 aromatic carbocycles. The van der Waals surface area contributed by atoms with Gasteiger partial charge in [-0.05, 0) is 35.9 Å². The number of carbonyl (C=O) groups is 2. The van der Waals surface area contributed by atoms with Gasteiger partial charge in [-0.3, -0.25) is 9.59 Å². The molecule has 1 heterocycles. The molecule has 1 aliphatic rings. The highest BCUT2D eigenvalue weighted by Gasteiger charge is 2.21. The summed E-state index contributed by atoms with van der Waals surface area (Å²) >= 11 is 0. The van der Waals surface area contributed by atoms with Crippen LogP contribution in [-0.2, 0) is 16.0 Å². The van der Waals surface area contributed by atoms with Gasteiger partial charge in [-0.25, -0.2) is 0 Å². The van der Waals surface area contributed by atoms with Crippen molar-refractivity contribution in [1.82, 2.24) is 4.90 Å². The Hall–Kier alpha value is -3.08. The van der Waals surface area contributed by atoms with Gasteiger partial charge in [0.15, 0.2) is 0 Å². The van der Waals surface area contributed by atoms with Crippen molar-refractivity contribution in [3.63, 3.8) is 0 Å². The van der Waals surface area contributed by atoms with Crippen LogP contribution in [0, 0.1) is 0 Å². The molecule has 1 saturated heterocycles. The number of nitrogens with one attached hydrogen (secondary N) is 1. The van der Waals surface area contributed by atoms with Crippen LogP contribution >= 0.6 is 0 Å². The van der Waals surface area contributed by atoms with Crippen molar-refractivity contribution in [2.75, 3.05) is 36.4 Å². The van der Waals surface area contributed by atoms with E-state index in [1.165, 1.54) is 11.8 Å². The quantitative estimate of drug-likeness (QED) is 0.845. The van der Waals surface area contributed by atoms with Crippen LogP contribution in [0.2, 0.25) is 0 Å². The van der Waals surface area contributed by atoms with Crippen molar-refractivity contribution in [2.45, 2.75) is 6.42 Å². The number of anilines is 2. The van der Waals surface area contributed by atoms with Crippen LogP contribution < -0.4 is 10.2 Å². The molecule has 0 bridgehead atoms. The Morgan fingerprint density at radius 2 is 1.62 bits per heavy atom. The average Bonchev–Trinajstić information content (AvgIpc) is 2.70. The fourth-order valence-electron chi connectivity index (χ4n) is 3.04. The van der Waals surface area contributed by atoms with Gasteiger partial charge in [0.2, 0.25) is 11.8 Å². The highest BCUT2D eigenvalue weighted by atomic mass is 16.2. The fraction of sp³-hybridized carbons (Fsp3) is 0.238. The summed E-state index contributed by atoms with van der Waals surface area (Å²) in [6, 6.07) is 17.6. The fourth-order valence-corrected chi connectivity index (χ4v) is 3.04. The summed E-state index contributed by atoms with van der Waals surface area (Å²) in [6.07, 6.45) is 1.60. The van der Waals surface area contributed by atoms with Crippen molar-refractivity contribution in [3.8, 4) is 0 Å². The zero-order chi connectivity index (χ0) is 18.4. The lowest BCUT2D eigenvalue weighted by Crippen LogP contribution is -2.49. The smallest absolute Gasteiger partial charge is 0.247 e. The Kier molecular flexibility index (Phi) is 5.69. The van der Waals surface area contributed by atoms with Crippen LogP contribution in [0.3, 0.4) is 0 Å². The standard InChI is InChI=1S/C21H23N3O2/c1-2-20(25)22-18-10-8-17(9-11-18)16-21(26)24-14-12-23(13-15-24)19-6-4-3-5-7-19/h2-11H,1,12-16H2,(H,22,25). The SMILES string of the molecule is C=CC(=O)Nc1ccc(CC(=O)N2CCN(c3ccccc3)CC2)cc1. The highest BCUT2D eigenvalue weighted by Crippen LogP contribution is 2.16. The van der Waals surface area contributed by atoms with E-state index in [1.807, 2.05) is 35.2 Å². The molecule has 1 N–H and O–H groups in total. The molecule has 26 heavy (non-hydrogen) atoms. The molecule has 0 atom stereocenters. The van der Waals surface area contributed by atoms with Crippen molar-refractivity contribution < 1.29 is 9.59 Å². The average molecular weight is 349 g/mol. The number of hydrogen-bond acceptors (Lipinski definition) is 3. The Morgan fingerprint density at radius 1 is 0.962 bits per heavy atom. The van der Waals surface area contributed by atoms with Crippen molar-refractivity contribution in [3.05, 3.63) is 72.8 Å². The maximum Gasteiger partial charge on any atom is 0.247 e. The number of hydrogen-bond donors (Lipinski definition) is 1. The predicted molar refractivity (Wildman–Crippen MR) is 104 cm³/mol. The van der Waals surface area contributed by atoms with Gasteiger partial charge < -0.3 is 15.1 Å². The summed E-state index contributed by atoms with van der Waals surface area (Å²) in [6.45, 7) is 6.60. The van der Waals surface area contributed by atoms with E-state index in [0.717, 1.165) is 31.7 Å². The molecule has 3 rings (SSSR count). The first-order valence-electron chi connectivity index (χ1n) is 8.76. The van der Waals surface area contributed by atoms with Gasteiger partial charge in [0.1, 0.15) is 0 Å². The summed E-state index contributed by atoms with van der Waals surface area (Å²) in [7, 11) is 0. The zero-order valence-electron chi connectivity index (χ0n) is 14.7. The van der Waals surface area contributed by atoms with Crippen LogP contribution in [0.15, 0.2) is 67.3 Å². The van der Waals surface area contributed by atoms with Gasteiger partial charge in [-0.2, -0.15) is 0 Å². The van der Waals surface area contributed by atoms with Crippen LogP contribution in [0.1, 0.15) is 5.56 Å². The molecule has 0 radical (unpaired) electrons. The van der Waals surface area contributed by atoms with E-state index >= 15 is 0 Å². The molecule has 1 aliphatic heterocycles. The third-order valence-electron chi connectivity index (χ3n) is 4.52. The lowest BCUT2D eigenvalue weighted by atomic mass is 10.1. The van der Waals surface area contributed by atoms with Gasteiger partial charge >= 0.3 is 0 Å². The summed E-state index contributed by atoms with van der Waals surface area (Å²) in [5.74, 6) is -0.106. The highest BCUT2D eigenvalue weighted by molar-refractivity contribution is 5.98. The van der Waals surface area contributed by atoms with Crippen molar-refractivity contribution in [1.29, 1.82) is 0 Å². The largest absolute Gasteiger partial charge is 0.368 e. The van der Waals surface area contributed by atoms with E-state index < -0.39 is 0 Å². The molecule has 0 saturated carbocycles. The second kappa shape index (κ2) is 8.34. The van der Waals surface area contributed by atoms with Crippen LogP contribution in [-0.4, -0.2) is 42.9 Å². The molecule has 134 valence electrons. The first-order valence-corrected chi connectivity index (χ1v) is 8.76. The Balaban J connectivity index is 1.51. The molecule has 2 amide bonds. The number of rotatable bonds is 5. The van der Waals surface area contributed by atoms with E-state index in [2.05, 4.69) is 28.9 Å². The lowest BCUT2D eigenvalue weighted by molar-refractivity contribution is -0.130. The number of nitrogens with zero attached hydrogens (tertiary/aromatic N) is 2. The van der Waals surface area contributed by atoms with Crippen LogP contribution in [0.25, 0.3) is 0 Å². The molecule has 2 aromatic rings. The maximum atomic E-state index is 12.5. The van der Waals surface area contributed by atoms with Crippen LogP contribution in [0.4, 0.5) is 11.4 Å². The molecule has 0 aliphatic carbocycles. The molecule has 1 fully saturated rings. The summed E-state index contributed by atoms with van der Waals surface area (Å²) in [4.78, 5) is 28.1. The minimum Gasteiger partial charge on any atom is -0.368 e. The predicted octanol–water partition coefficient (Wildman–Crippen LogP) is 2.70. The van der Waals surface area contributed by atoms with Gasteiger partial charge in [-0.15, -0.1) is 0 Å². The van der Waals surface area contributed by atoms with Gasteiger partial charge in [0.05, 0.1) is 6.42 Å². The third kappa shape index (κ3) is 4.51. The number of piperazine rings is 1. The molecule has 0 spiro atoms. The molecule has 0 aromatic heterocycles. The molecular weight excluding hydrogens is 326 g/mol. The van der Waals surface area contributed by atoms with Crippen molar-refractivity contribution >= 4 is 23.2 Å². The summed E-state index contributed by atoms with van der Waals surface area (Å²) in [5.41, 5.74) is 2.84. The van der Waals surface area contributed by atoms with Gasteiger partial charge in [-0.1, -0.05) is 36.9 Å². The van der Waals surface area contributed by atoms with Gasteiger partial charge in [0, 0.05) is 37.6 Å². The normalized spacial score (nSPS) is 14.0. The number of carbonyl (C=O) groups excluding carboxylic acids is 2. The van der Waals surface area contributed by atoms with E-state index in [0.29, 0.717) is 12.1 Å². The van der Waals surface area contributed by atoms with E-state index in [9.17, 15) is 9.59 Å². The molecule has 0 unspecified atom stereocenters. The molecule has 5 heteroatoms. The Morgan fingerprint density at radius 3 is 2.23 bits per heavy atom. The minimum absolute atomic E-state index is 0.139. The van der Waals surface area contributed by atoms with Gasteiger partial charge in [0.25, 0.3) is 0 Å². The van der Waals surface area contributed by atoms with E-state index in [-0.39, 0.29) is 11.8 Å². The number of para-hydroxylation sites is 1. The molecular formula is C21H23N3O2. The summed E-state index contributed by atoms with van der Waals surface area (Å²) in [5, 5.41) is 2.70. The maximum absolute atomic E-state index is 12.5. The summed E-state index contributed by atoms with van der Waals surface area (Å²) < 4.78 is 0. The topological polar surface area (TPSA) is 52.7 Å². The molecule has 5 nitrogen and oxygen atoms in total. The number of benzene rings is 2. The van der Waals surface area contributed by atoms with E-state index in [4.69, 9.17) is 0 Å². The second-order valence-electron chi connectivity index (χ2n) is 6.27. The van der Waals surface area contributed by atoms with Crippen molar-refractivity contribution in [2.24, 2.45) is 0 Å². The lowest BCUT2D eigenvalue weighted by Gasteiger charge is -2.36.